The largest absolute Gasteiger partial charge is 0.477 e. The van der Waals surface area contributed by atoms with Gasteiger partial charge in [-0.25, -0.2) is 9.78 Å². The fourth-order valence-electron chi connectivity index (χ4n) is 2.55. The second kappa shape index (κ2) is 6.54. The molecule has 0 amide bonds. The highest BCUT2D eigenvalue weighted by molar-refractivity contribution is 5.97. The fraction of sp³-hybridized carbons (Fsp3) is 0.375. The van der Waals surface area contributed by atoms with E-state index in [1.165, 1.54) is 0 Å². The van der Waals surface area contributed by atoms with Crippen molar-refractivity contribution in [2.75, 3.05) is 25.2 Å². The van der Waals surface area contributed by atoms with Gasteiger partial charge in [-0.2, -0.15) is 0 Å². The molecule has 0 saturated carbocycles. The standard InChI is InChI=1S/C16H20N2O3/c1-4-18(11(2)10-21-3)15-9-14(16(19)20)17-13-8-6-5-7-12(13)15/h5-9,11H,4,10H2,1-3H3,(H,19,20). The Hall–Kier alpha value is -2.14. The van der Waals surface area contributed by atoms with Crippen LogP contribution in [-0.4, -0.2) is 42.4 Å². The highest BCUT2D eigenvalue weighted by Crippen LogP contribution is 2.28. The molecular formula is C16H20N2O3. The molecule has 2 rings (SSSR count). The Labute approximate surface area is 124 Å². The molecule has 0 saturated heterocycles. The molecule has 0 aliphatic carbocycles. The molecule has 1 unspecified atom stereocenters. The number of benzene rings is 1. The van der Waals surface area contributed by atoms with Crippen LogP contribution >= 0.6 is 0 Å². The molecule has 0 radical (unpaired) electrons. The molecule has 1 atom stereocenters. The molecule has 5 heteroatoms. The van der Waals surface area contributed by atoms with Crippen molar-refractivity contribution >= 4 is 22.6 Å². The number of para-hydroxylation sites is 1. The zero-order valence-electron chi connectivity index (χ0n) is 12.5. The number of aromatic carboxylic acids is 1. The number of aromatic nitrogens is 1. The summed E-state index contributed by atoms with van der Waals surface area (Å²) in [6.07, 6.45) is 0. The maximum atomic E-state index is 11.3. The molecule has 1 heterocycles. The first-order valence-electron chi connectivity index (χ1n) is 6.97. The minimum absolute atomic E-state index is 0.0618. The van der Waals surface area contributed by atoms with Crippen molar-refractivity contribution in [2.45, 2.75) is 19.9 Å². The van der Waals surface area contributed by atoms with Crippen LogP contribution in [-0.2, 0) is 4.74 Å². The lowest BCUT2D eigenvalue weighted by molar-refractivity contribution is 0.0691. The lowest BCUT2D eigenvalue weighted by Crippen LogP contribution is -2.36. The zero-order chi connectivity index (χ0) is 15.4. The number of carboxylic acid groups (broad SMARTS) is 1. The van der Waals surface area contributed by atoms with Crippen LogP contribution in [0.1, 0.15) is 24.3 Å². The first kappa shape index (κ1) is 15.3. The second-order valence-corrected chi connectivity index (χ2v) is 4.94. The summed E-state index contributed by atoms with van der Waals surface area (Å²) in [7, 11) is 1.66. The Morgan fingerprint density at radius 1 is 1.43 bits per heavy atom. The Morgan fingerprint density at radius 2 is 2.14 bits per heavy atom. The molecule has 0 aliphatic heterocycles. The summed E-state index contributed by atoms with van der Waals surface area (Å²) in [5.74, 6) is -1.02. The van der Waals surface area contributed by atoms with Gasteiger partial charge in [0.1, 0.15) is 0 Å². The molecule has 112 valence electrons. The van der Waals surface area contributed by atoms with Crippen molar-refractivity contribution in [1.29, 1.82) is 0 Å². The van der Waals surface area contributed by atoms with Gasteiger partial charge >= 0.3 is 5.97 Å². The van der Waals surface area contributed by atoms with Crippen LogP contribution < -0.4 is 4.90 Å². The van der Waals surface area contributed by atoms with E-state index in [0.717, 1.165) is 17.6 Å². The molecule has 0 aliphatic rings. The van der Waals surface area contributed by atoms with E-state index in [4.69, 9.17) is 4.74 Å². The van der Waals surface area contributed by atoms with E-state index in [0.29, 0.717) is 12.1 Å². The normalized spacial score (nSPS) is 12.3. The van der Waals surface area contributed by atoms with E-state index in [2.05, 4.69) is 16.8 Å². The van der Waals surface area contributed by atoms with Crippen LogP contribution in [0, 0.1) is 0 Å². The molecule has 2 aromatic rings. The molecule has 1 N–H and O–H groups in total. The SMILES string of the molecule is CCN(c1cc(C(=O)O)nc2ccccc12)C(C)COC. The fourth-order valence-corrected chi connectivity index (χ4v) is 2.55. The van der Waals surface area contributed by atoms with Crippen molar-refractivity contribution in [3.8, 4) is 0 Å². The van der Waals surface area contributed by atoms with Crippen molar-refractivity contribution in [1.82, 2.24) is 4.98 Å². The molecule has 1 aromatic carbocycles. The Morgan fingerprint density at radius 3 is 2.76 bits per heavy atom. The van der Waals surface area contributed by atoms with Gasteiger partial charge in [-0.15, -0.1) is 0 Å². The number of rotatable bonds is 6. The quantitative estimate of drug-likeness (QED) is 0.885. The van der Waals surface area contributed by atoms with Crippen LogP contribution in [0.2, 0.25) is 0 Å². The van der Waals surface area contributed by atoms with Crippen molar-refractivity contribution in [2.24, 2.45) is 0 Å². The van der Waals surface area contributed by atoms with Gasteiger partial charge in [-0.1, -0.05) is 18.2 Å². The van der Waals surface area contributed by atoms with E-state index in [-0.39, 0.29) is 11.7 Å². The van der Waals surface area contributed by atoms with Crippen LogP contribution in [0.15, 0.2) is 30.3 Å². The molecule has 0 spiro atoms. The van der Waals surface area contributed by atoms with Crippen LogP contribution in [0.25, 0.3) is 10.9 Å². The van der Waals surface area contributed by atoms with Crippen LogP contribution in [0.4, 0.5) is 5.69 Å². The molecule has 0 bridgehead atoms. The van der Waals surface area contributed by atoms with E-state index in [1.807, 2.05) is 31.2 Å². The van der Waals surface area contributed by atoms with Gasteiger partial charge in [0.05, 0.1) is 12.1 Å². The summed E-state index contributed by atoms with van der Waals surface area (Å²) in [5.41, 5.74) is 1.63. The predicted octanol–water partition coefficient (Wildman–Crippen LogP) is 2.79. The predicted molar refractivity (Wildman–Crippen MR) is 83.1 cm³/mol. The lowest BCUT2D eigenvalue weighted by atomic mass is 10.1. The number of likely N-dealkylation sites (N-methyl/N-ethyl adjacent to an activating group) is 1. The second-order valence-electron chi connectivity index (χ2n) is 4.94. The number of hydrogen-bond donors (Lipinski definition) is 1. The van der Waals surface area contributed by atoms with Gasteiger partial charge in [0.15, 0.2) is 5.69 Å². The zero-order valence-corrected chi connectivity index (χ0v) is 12.5. The maximum absolute atomic E-state index is 11.3. The first-order valence-corrected chi connectivity index (χ1v) is 6.97. The summed E-state index contributed by atoms with van der Waals surface area (Å²) < 4.78 is 5.22. The number of fused-ring (bicyclic) bond motifs is 1. The average Bonchev–Trinajstić information content (AvgIpc) is 2.48. The van der Waals surface area contributed by atoms with Crippen LogP contribution in [0.5, 0.6) is 0 Å². The summed E-state index contributed by atoms with van der Waals surface area (Å²) >= 11 is 0. The summed E-state index contributed by atoms with van der Waals surface area (Å²) in [5, 5.41) is 10.2. The number of carbonyl (C=O) groups is 1. The topological polar surface area (TPSA) is 62.7 Å². The Kier molecular flexibility index (Phi) is 4.75. The first-order chi connectivity index (χ1) is 10.1. The molecule has 5 nitrogen and oxygen atoms in total. The molecule has 0 fully saturated rings. The summed E-state index contributed by atoms with van der Waals surface area (Å²) in [4.78, 5) is 17.6. The van der Waals surface area contributed by atoms with E-state index in [9.17, 15) is 9.90 Å². The third kappa shape index (κ3) is 3.13. The van der Waals surface area contributed by atoms with Gasteiger partial charge in [0, 0.05) is 30.8 Å². The molecule has 1 aromatic heterocycles. The van der Waals surface area contributed by atoms with E-state index in [1.54, 1.807) is 13.2 Å². The molecular weight excluding hydrogens is 268 g/mol. The number of hydrogen-bond acceptors (Lipinski definition) is 4. The summed E-state index contributed by atoms with van der Waals surface area (Å²) in [6.45, 7) is 5.44. The molecule has 21 heavy (non-hydrogen) atoms. The van der Waals surface area contributed by atoms with Gasteiger partial charge in [0.25, 0.3) is 0 Å². The summed E-state index contributed by atoms with van der Waals surface area (Å²) in [6, 6.07) is 9.38. The van der Waals surface area contributed by atoms with Gasteiger partial charge < -0.3 is 14.7 Å². The highest BCUT2D eigenvalue weighted by Gasteiger charge is 2.18. The smallest absolute Gasteiger partial charge is 0.354 e. The number of ether oxygens (including phenoxy) is 1. The van der Waals surface area contributed by atoms with Crippen molar-refractivity contribution in [3.63, 3.8) is 0 Å². The Balaban J connectivity index is 2.61. The minimum atomic E-state index is -1.02. The number of anilines is 1. The highest BCUT2D eigenvalue weighted by atomic mass is 16.5. The van der Waals surface area contributed by atoms with E-state index < -0.39 is 5.97 Å². The monoisotopic (exact) mass is 288 g/mol. The van der Waals surface area contributed by atoms with Gasteiger partial charge in [0.2, 0.25) is 0 Å². The number of methoxy groups -OCH3 is 1. The number of nitrogens with zero attached hydrogens (tertiary/aromatic N) is 2. The van der Waals surface area contributed by atoms with Crippen molar-refractivity contribution in [3.05, 3.63) is 36.0 Å². The third-order valence-electron chi connectivity index (χ3n) is 3.50. The average molecular weight is 288 g/mol. The number of carboxylic acids is 1. The maximum Gasteiger partial charge on any atom is 0.354 e. The minimum Gasteiger partial charge on any atom is -0.477 e. The third-order valence-corrected chi connectivity index (χ3v) is 3.50. The lowest BCUT2D eigenvalue weighted by Gasteiger charge is -2.30. The number of pyridine rings is 1. The van der Waals surface area contributed by atoms with Crippen LogP contribution in [0.3, 0.4) is 0 Å². The van der Waals surface area contributed by atoms with E-state index >= 15 is 0 Å². The van der Waals surface area contributed by atoms with Crippen molar-refractivity contribution < 1.29 is 14.6 Å². The van der Waals surface area contributed by atoms with Gasteiger partial charge in [-0.3, -0.25) is 0 Å². The van der Waals surface area contributed by atoms with Gasteiger partial charge in [-0.05, 0) is 26.0 Å². The Bertz CT molecular complexity index is 642.